The minimum Gasteiger partial charge on any atom is -0.497 e. The Balaban J connectivity index is 1.83. The van der Waals surface area contributed by atoms with Crippen molar-refractivity contribution in [3.05, 3.63) is 48.0 Å². The Kier molecular flexibility index (Phi) is 5.43. The molecule has 2 aromatic carbocycles. The van der Waals surface area contributed by atoms with E-state index >= 15 is 0 Å². The number of benzene rings is 2. The Bertz CT molecular complexity index is 904. The summed E-state index contributed by atoms with van der Waals surface area (Å²) >= 11 is 1.49. The zero-order valence-electron chi connectivity index (χ0n) is 14.5. The van der Waals surface area contributed by atoms with Gasteiger partial charge in [-0.2, -0.15) is 0 Å². The van der Waals surface area contributed by atoms with Crippen LogP contribution in [0.4, 0.5) is 6.01 Å². The third-order valence-corrected chi connectivity index (χ3v) is 4.39. The van der Waals surface area contributed by atoms with Gasteiger partial charge in [-0.3, -0.25) is 10.1 Å². The number of hydrogen-bond acceptors (Lipinski definition) is 7. The molecule has 0 saturated heterocycles. The van der Waals surface area contributed by atoms with Crippen LogP contribution in [0.2, 0.25) is 0 Å². The molecule has 0 unspecified atom stereocenters. The molecule has 1 aromatic heterocycles. The molecule has 0 spiro atoms. The number of carbonyl (C=O) groups excluding carboxylic acids is 1. The fraction of sp³-hybridized carbons (Fsp3) is 0.167. The fourth-order valence-corrected chi connectivity index (χ4v) is 2.91. The summed E-state index contributed by atoms with van der Waals surface area (Å²) in [5.74, 6) is 1.12. The van der Waals surface area contributed by atoms with E-state index < -0.39 is 0 Å². The van der Waals surface area contributed by atoms with Crippen LogP contribution in [0.25, 0.3) is 11.5 Å². The van der Waals surface area contributed by atoms with E-state index in [9.17, 15) is 4.79 Å². The van der Waals surface area contributed by atoms with Gasteiger partial charge in [0.25, 0.3) is 5.91 Å². The molecule has 8 heteroatoms. The van der Waals surface area contributed by atoms with Gasteiger partial charge in [0.2, 0.25) is 5.89 Å². The lowest BCUT2D eigenvalue weighted by Gasteiger charge is -2.06. The number of amides is 1. The molecule has 0 fully saturated rings. The van der Waals surface area contributed by atoms with Crippen LogP contribution >= 0.6 is 11.8 Å². The molecule has 1 amide bonds. The number of nitrogens with one attached hydrogen (secondary N) is 1. The summed E-state index contributed by atoms with van der Waals surface area (Å²) < 4.78 is 16.0. The lowest BCUT2D eigenvalue weighted by molar-refractivity contribution is 0.102. The van der Waals surface area contributed by atoms with Crippen molar-refractivity contribution < 1.29 is 18.7 Å². The number of ether oxygens (including phenoxy) is 2. The average Bonchev–Trinajstić information content (AvgIpc) is 3.15. The van der Waals surface area contributed by atoms with Crippen LogP contribution in [0.3, 0.4) is 0 Å². The molecule has 3 aromatic rings. The van der Waals surface area contributed by atoms with Gasteiger partial charge < -0.3 is 13.9 Å². The van der Waals surface area contributed by atoms with Gasteiger partial charge >= 0.3 is 6.01 Å². The molecule has 1 heterocycles. The Morgan fingerprint density at radius 3 is 2.42 bits per heavy atom. The van der Waals surface area contributed by atoms with E-state index in [1.54, 1.807) is 44.6 Å². The molecule has 0 aliphatic heterocycles. The number of rotatable bonds is 6. The monoisotopic (exact) mass is 371 g/mol. The first-order valence-corrected chi connectivity index (χ1v) is 8.88. The number of methoxy groups -OCH3 is 2. The summed E-state index contributed by atoms with van der Waals surface area (Å²) in [5, 5.41) is 10.5. The van der Waals surface area contributed by atoms with Crippen LogP contribution in [0.1, 0.15) is 10.4 Å². The first-order chi connectivity index (χ1) is 12.6. The second kappa shape index (κ2) is 7.92. The van der Waals surface area contributed by atoms with Gasteiger partial charge in [0.05, 0.1) is 19.8 Å². The summed E-state index contributed by atoms with van der Waals surface area (Å²) in [6.45, 7) is 0. The normalized spacial score (nSPS) is 10.4. The minimum absolute atomic E-state index is 0.0164. The van der Waals surface area contributed by atoms with Crippen LogP contribution in [0, 0.1) is 0 Å². The van der Waals surface area contributed by atoms with Gasteiger partial charge in [-0.15, -0.1) is 16.9 Å². The molecule has 1 N–H and O–H groups in total. The molecule has 3 rings (SSSR count). The lowest BCUT2D eigenvalue weighted by Crippen LogP contribution is -2.13. The fourth-order valence-electron chi connectivity index (χ4n) is 2.32. The zero-order chi connectivity index (χ0) is 18.5. The second-order valence-corrected chi connectivity index (χ2v) is 6.02. The van der Waals surface area contributed by atoms with E-state index in [4.69, 9.17) is 13.9 Å². The van der Waals surface area contributed by atoms with Gasteiger partial charge in [-0.1, -0.05) is 17.2 Å². The average molecular weight is 371 g/mol. The smallest absolute Gasteiger partial charge is 0.322 e. The van der Waals surface area contributed by atoms with Crippen LogP contribution < -0.4 is 14.8 Å². The van der Waals surface area contributed by atoms with E-state index in [0.717, 1.165) is 4.90 Å². The number of thioether (sulfide) groups is 1. The molecule has 0 radical (unpaired) electrons. The van der Waals surface area contributed by atoms with E-state index in [1.807, 2.05) is 18.4 Å². The maximum atomic E-state index is 12.4. The molecule has 0 saturated carbocycles. The Morgan fingerprint density at radius 2 is 1.77 bits per heavy atom. The van der Waals surface area contributed by atoms with E-state index in [0.29, 0.717) is 22.6 Å². The van der Waals surface area contributed by atoms with Crippen LogP contribution in [0.5, 0.6) is 11.5 Å². The molecule has 0 aliphatic rings. The number of carbonyl (C=O) groups is 1. The Labute approximate surface area is 154 Å². The number of anilines is 1. The third-order valence-electron chi connectivity index (χ3n) is 3.60. The van der Waals surface area contributed by atoms with Crippen LogP contribution in [-0.2, 0) is 0 Å². The predicted octanol–water partition coefficient (Wildman–Crippen LogP) is 3.73. The molecule has 0 bridgehead atoms. The molecule has 0 aliphatic carbocycles. The Hall–Kier alpha value is -3.00. The van der Waals surface area contributed by atoms with Gasteiger partial charge in [-0.25, -0.2) is 0 Å². The van der Waals surface area contributed by atoms with Crippen molar-refractivity contribution >= 4 is 23.7 Å². The quantitative estimate of drug-likeness (QED) is 0.661. The van der Waals surface area contributed by atoms with E-state index in [-0.39, 0.29) is 17.8 Å². The predicted molar refractivity (Wildman–Crippen MR) is 99.0 cm³/mol. The minimum atomic E-state index is -0.312. The summed E-state index contributed by atoms with van der Waals surface area (Å²) in [6.07, 6.45) is 1.91. The van der Waals surface area contributed by atoms with Crippen molar-refractivity contribution in [2.24, 2.45) is 0 Å². The SMILES string of the molecule is COc1cc(OC)cc(-c2nnc(NC(=O)c3ccccc3SC)o2)c1. The van der Waals surface area contributed by atoms with Crippen LogP contribution in [-0.4, -0.2) is 36.6 Å². The number of aromatic nitrogens is 2. The largest absolute Gasteiger partial charge is 0.497 e. The van der Waals surface area contributed by atoms with Gasteiger partial charge in [-0.05, 0) is 30.5 Å². The highest BCUT2D eigenvalue weighted by Crippen LogP contribution is 2.30. The van der Waals surface area contributed by atoms with Gasteiger partial charge in [0, 0.05) is 16.5 Å². The molecule has 0 atom stereocenters. The van der Waals surface area contributed by atoms with E-state index in [2.05, 4.69) is 15.5 Å². The highest BCUT2D eigenvalue weighted by Gasteiger charge is 2.16. The van der Waals surface area contributed by atoms with Crippen molar-refractivity contribution in [2.75, 3.05) is 25.8 Å². The first-order valence-electron chi connectivity index (χ1n) is 7.66. The summed E-state index contributed by atoms with van der Waals surface area (Å²) in [4.78, 5) is 13.3. The topological polar surface area (TPSA) is 86.5 Å². The molecule has 26 heavy (non-hydrogen) atoms. The van der Waals surface area contributed by atoms with Crippen molar-refractivity contribution in [1.82, 2.24) is 10.2 Å². The highest BCUT2D eigenvalue weighted by molar-refractivity contribution is 7.98. The summed E-state index contributed by atoms with van der Waals surface area (Å²) in [7, 11) is 3.11. The van der Waals surface area contributed by atoms with Crippen molar-refractivity contribution in [2.45, 2.75) is 4.90 Å². The van der Waals surface area contributed by atoms with Gasteiger partial charge in [0.15, 0.2) is 0 Å². The first kappa shape index (κ1) is 17.8. The number of nitrogens with zero attached hydrogens (tertiary/aromatic N) is 2. The highest BCUT2D eigenvalue weighted by atomic mass is 32.2. The molecular weight excluding hydrogens is 354 g/mol. The summed E-state index contributed by atoms with van der Waals surface area (Å²) in [5.41, 5.74) is 1.17. The summed E-state index contributed by atoms with van der Waals surface area (Å²) in [6, 6.07) is 12.5. The molecule has 7 nitrogen and oxygen atoms in total. The van der Waals surface area contributed by atoms with Crippen molar-refractivity contribution in [3.8, 4) is 23.0 Å². The maximum absolute atomic E-state index is 12.4. The van der Waals surface area contributed by atoms with Crippen molar-refractivity contribution in [1.29, 1.82) is 0 Å². The van der Waals surface area contributed by atoms with E-state index in [1.165, 1.54) is 11.8 Å². The molecular formula is C18H17N3O4S. The molecule has 134 valence electrons. The maximum Gasteiger partial charge on any atom is 0.322 e. The number of hydrogen-bond donors (Lipinski definition) is 1. The zero-order valence-corrected chi connectivity index (χ0v) is 15.3. The van der Waals surface area contributed by atoms with Gasteiger partial charge in [0.1, 0.15) is 11.5 Å². The third kappa shape index (κ3) is 3.80. The van der Waals surface area contributed by atoms with Crippen molar-refractivity contribution in [3.63, 3.8) is 0 Å². The van der Waals surface area contributed by atoms with Crippen LogP contribution in [0.15, 0.2) is 51.8 Å². The standard InChI is InChI=1S/C18H17N3O4S/c1-23-12-8-11(9-13(10-12)24-2)17-20-21-18(25-17)19-16(22)14-6-4-5-7-15(14)26-3/h4-10H,1-3H3,(H,19,21,22). The lowest BCUT2D eigenvalue weighted by atomic mass is 10.2. The Morgan fingerprint density at radius 1 is 1.08 bits per heavy atom. The second-order valence-electron chi connectivity index (χ2n) is 5.17.